The zero-order valence-corrected chi connectivity index (χ0v) is 16.7. The molecule has 0 aliphatic rings. The smallest absolute Gasteiger partial charge is 0.234 e. The second kappa shape index (κ2) is 8.91. The molecule has 140 valence electrons. The number of nitrogens with one attached hydrogen (secondary N) is 1. The van der Waals surface area contributed by atoms with Gasteiger partial charge in [-0.15, -0.1) is 11.8 Å². The second-order valence-corrected chi connectivity index (χ2v) is 7.43. The average Bonchev–Trinajstić information content (AvgIpc) is 3.03. The quantitative estimate of drug-likeness (QED) is 0.597. The van der Waals surface area contributed by atoms with Crippen LogP contribution in [0.25, 0.3) is 11.5 Å². The maximum atomic E-state index is 12.2. The molecule has 0 radical (unpaired) electrons. The monoisotopic (exact) mass is 380 g/mol. The molecule has 0 unspecified atom stereocenters. The van der Waals surface area contributed by atoms with E-state index in [9.17, 15) is 4.79 Å². The van der Waals surface area contributed by atoms with E-state index < -0.39 is 0 Å². The number of thioether (sulfide) groups is 1. The Bertz CT molecular complexity index is 934. The Kier molecular flexibility index (Phi) is 6.35. The highest BCUT2D eigenvalue weighted by Gasteiger charge is 2.13. The highest BCUT2D eigenvalue weighted by Crippen LogP contribution is 2.25. The van der Waals surface area contributed by atoms with E-state index in [2.05, 4.69) is 23.3 Å². The summed E-state index contributed by atoms with van der Waals surface area (Å²) in [7, 11) is 0. The van der Waals surface area contributed by atoms with Crippen molar-refractivity contribution in [1.82, 2.24) is 4.98 Å². The van der Waals surface area contributed by atoms with E-state index in [-0.39, 0.29) is 5.91 Å². The number of rotatable bonds is 7. The van der Waals surface area contributed by atoms with Crippen LogP contribution in [0.15, 0.2) is 52.9 Å². The summed E-state index contributed by atoms with van der Waals surface area (Å²) in [6.07, 6.45) is 0.892. The van der Waals surface area contributed by atoms with Gasteiger partial charge < -0.3 is 9.73 Å². The van der Waals surface area contributed by atoms with Gasteiger partial charge in [0.2, 0.25) is 11.8 Å². The van der Waals surface area contributed by atoms with Crippen LogP contribution in [0, 0.1) is 13.8 Å². The fourth-order valence-electron chi connectivity index (χ4n) is 2.84. The van der Waals surface area contributed by atoms with Crippen molar-refractivity contribution in [2.45, 2.75) is 32.9 Å². The van der Waals surface area contributed by atoms with Crippen molar-refractivity contribution in [2.75, 3.05) is 11.1 Å². The minimum Gasteiger partial charge on any atom is -0.441 e. The molecule has 1 N–H and O–H groups in total. The third-order valence-corrected chi connectivity index (χ3v) is 5.25. The van der Waals surface area contributed by atoms with Crippen molar-refractivity contribution < 1.29 is 9.21 Å². The van der Waals surface area contributed by atoms with E-state index in [0.29, 0.717) is 17.4 Å². The number of carbonyl (C=O) groups is 1. The summed E-state index contributed by atoms with van der Waals surface area (Å²) < 4.78 is 5.81. The molecule has 0 atom stereocenters. The van der Waals surface area contributed by atoms with Gasteiger partial charge in [-0.3, -0.25) is 4.79 Å². The number of anilines is 1. The minimum absolute atomic E-state index is 0.000885. The molecule has 3 rings (SSSR count). The lowest BCUT2D eigenvalue weighted by Gasteiger charge is -2.09. The SMILES string of the molecule is CCc1ccccc1NC(=O)CSCc1nc(-c2cccc(C)c2)oc1C. The highest BCUT2D eigenvalue weighted by atomic mass is 32.2. The summed E-state index contributed by atoms with van der Waals surface area (Å²) >= 11 is 1.54. The average molecular weight is 381 g/mol. The fourth-order valence-corrected chi connectivity index (χ4v) is 3.66. The summed E-state index contributed by atoms with van der Waals surface area (Å²) in [4.78, 5) is 16.9. The number of carbonyl (C=O) groups excluding carboxylic acids is 1. The first-order valence-electron chi connectivity index (χ1n) is 9.05. The van der Waals surface area contributed by atoms with Gasteiger partial charge in [0, 0.05) is 17.0 Å². The lowest BCUT2D eigenvalue weighted by molar-refractivity contribution is -0.113. The van der Waals surface area contributed by atoms with E-state index in [1.54, 1.807) is 0 Å². The van der Waals surface area contributed by atoms with E-state index in [1.165, 1.54) is 17.3 Å². The van der Waals surface area contributed by atoms with Crippen molar-refractivity contribution in [2.24, 2.45) is 0 Å². The molecule has 1 heterocycles. The largest absolute Gasteiger partial charge is 0.441 e. The van der Waals surface area contributed by atoms with Gasteiger partial charge in [-0.25, -0.2) is 4.98 Å². The molecule has 27 heavy (non-hydrogen) atoms. The van der Waals surface area contributed by atoms with Crippen LogP contribution in [0.1, 0.15) is 29.5 Å². The molecule has 0 saturated carbocycles. The van der Waals surface area contributed by atoms with Gasteiger partial charge in [-0.05, 0) is 44.0 Å². The predicted molar refractivity (Wildman–Crippen MR) is 112 cm³/mol. The van der Waals surface area contributed by atoms with Crippen molar-refractivity contribution in [3.8, 4) is 11.5 Å². The molecule has 0 bridgehead atoms. The Hall–Kier alpha value is -2.53. The molecule has 5 heteroatoms. The highest BCUT2D eigenvalue weighted by molar-refractivity contribution is 7.99. The van der Waals surface area contributed by atoms with Crippen LogP contribution in [0.5, 0.6) is 0 Å². The third-order valence-electron chi connectivity index (χ3n) is 4.30. The third kappa shape index (κ3) is 5.01. The van der Waals surface area contributed by atoms with E-state index in [4.69, 9.17) is 4.42 Å². The minimum atomic E-state index is 0.000885. The number of benzene rings is 2. The van der Waals surface area contributed by atoms with Gasteiger partial charge in [-0.2, -0.15) is 0 Å². The number of oxazole rings is 1. The molecular formula is C22H24N2O2S. The standard InChI is InChI=1S/C22H24N2O2S/c1-4-17-9-5-6-11-19(17)23-21(25)14-27-13-20-16(3)26-22(24-20)18-10-7-8-15(2)12-18/h5-12H,4,13-14H2,1-3H3,(H,23,25). The van der Waals surface area contributed by atoms with Crippen LogP contribution in [0.4, 0.5) is 5.69 Å². The van der Waals surface area contributed by atoms with Crippen LogP contribution < -0.4 is 5.32 Å². The van der Waals surface area contributed by atoms with Gasteiger partial charge in [0.05, 0.1) is 11.4 Å². The predicted octanol–water partition coefficient (Wildman–Crippen LogP) is 5.39. The lowest BCUT2D eigenvalue weighted by Crippen LogP contribution is -2.15. The Labute approximate surface area is 164 Å². The van der Waals surface area contributed by atoms with Crippen molar-refractivity contribution >= 4 is 23.4 Å². The first kappa shape index (κ1) is 19.2. The second-order valence-electron chi connectivity index (χ2n) is 6.44. The fraction of sp³-hybridized carbons (Fsp3) is 0.273. The Balaban J connectivity index is 1.57. The van der Waals surface area contributed by atoms with Gasteiger partial charge in [0.1, 0.15) is 5.76 Å². The maximum Gasteiger partial charge on any atom is 0.234 e. The van der Waals surface area contributed by atoms with Gasteiger partial charge >= 0.3 is 0 Å². The molecule has 0 fully saturated rings. The van der Waals surface area contributed by atoms with Gasteiger partial charge in [-0.1, -0.05) is 42.8 Å². The molecular weight excluding hydrogens is 356 g/mol. The number of nitrogens with zero attached hydrogens (tertiary/aromatic N) is 1. The number of amides is 1. The maximum absolute atomic E-state index is 12.2. The molecule has 1 aromatic heterocycles. The van der Waals surface area contributed by atoms with E-state index in [1.807, 2.05) is 56.3 Å². The molecule has 0 spiro atoms. The van der Waals surface area contributed by atoms with Crippen LogP contribution in [0.3, 0.4) is 0 Å². The van der Waals surface area contributed by atoms with Gasteiger partial charge in [0.25, 0.3) is 0 Å². The summed E-state index contributed by atoms with van der Waals surface area (Å²) in [5, 5.41) is 3.00. The summed E-state index contributed by atoms with van der Waals surface area (Å²) in [5.41, 5.74) is 5.07. The Morgan fingerprint density at radius 1 is 1.15 bits per heavy atom. The van der Waals surface area contributed by atoms with Crippen molar-refractivity contribution in [3.05, 3.63) is 71.1 Å². The molecule has 0 aliphatic heterocycles. The van der Waals surface area contributed by atoms with Crippen molar-refractivity contribution in [3.63, 3.8) is 0 Å². The summed E-state index contributed by atoms with van der Waals surface area (Å²) in [6, 6.07) is 16.0. The van der Waals surface area contributed by atoms with Gasteiger partial charge in [0.15, 0.2) is 0 Å². The number of hydrogen-bond donors (Lipinski definition) is 1. The molecule has 1 amide bonds. The molecule has 2 aromatic carbocycles. The first-order valence-corrected chi connectivity index (χ1v) is 10.2. The number of hydrogen-bond acceptors (Lipinski definition) is 4. The van der Waals surface area contributed by atoms with E-state index >= 15 is 0 Å². The van der Waals surface area contributed by atoms with Crippen LogP contribution in [0.2, 0.25) is 0 Å². The number of aromatic nitrogens is 1. The molecule has 4 nitrogen and oxygen atoms in total. The van der Waals surface area contributed by atoms with Crippen molar-refractivity contribution in [1.29, 1.82) is 0 Å². The zero-order chi connectivity index (χ0) is 19.2. The summed E-state index contributed by atoms with van der Waals surface area (Å²) in [5.74, 6) is 2.46. The Morgan fingerprint density at radius 2 is 1.96 bits per heavy atom. The van der Waals surface area contributed by atoms with Crippen LogP contribution in [-0.2, 0) is 17.0 Å². The number of aryl methyl sites for hydroxylation is 3. The topological polar surface area (TPSA) is 55.1 Å². The molecule has 0 aliphatic carbocycles. The summed E-state index contributed by atoms with van der Waals surface area (Å²) in [6.45, 7) is 6.05. The Morgan fingerprint density at radius 3 is 2.74 bits per heavy atom. The first-order chi connectivity index (χ1) is 13.1. The lowest BCUT2D eigenvalue weighted by atomic mass is 10.1. The number of para-hydroxylation sites is 1. The molecule has 3 aromatic rings. The zero-order valence-electron chi connectivity index (χ0n) is 15.9. The normalized spacial score (nSPS) is 10.8. The van der Waals surface area contributed by atoms with Crippen LogP contribution in [-0.4, -0.2) is 16.6 Å². The van der Waals surface area contributed by atoms with E-state index in [0.717, 1.165) is 34.7 Å². The van der Waals surface area contributed by atoms with Crippen LogP contribution >= 0.6 is 11.8 Å². The molecule has 0 saturated heterocycles.